The van der Waals surface area contributed by atoms with Crippen LogP contribution in [0.1, 0.15) is 39.3 Å². The van der Waals surface area contributed by atoms with Crippen LogP contribution < -0.4 is 14.8 Å². The van der Waals surface area contributed by atoms with Gasteiger partial charge in [-0.15, -0.1) is 0 Å². The molecule has 1 N–H and O–H groups in total. The van der Waals surface area contributed by atoms with Gasteiger partial charge in [-0.1, -0.05) is 27.7 Å². The van der Waals surface area contributed by atoms with E-state index in [0.29, 0.717) is 16.7 Å². The summed E-state index contributed by atoms with van der Waals surface area (Å²) in [6.45, 7) is 9.35. The molecule has 0 spiro atoms. The van der Waals surface area contributed by atoms with Gasteiger partial charge in [0.15, 0.2) is 0 Å². The van der Waals surface area contributed by atoms with Crippen molar-refractivity contribution in [1.82, 2.24) is 5.32 Å². The average Bonchev–Trinajstić information content (AvgIpc) is 2.83. The molecule has 1 aromatic rings. The number of ether oxygens (including phenoxy) is 2. The molecule has 0 heterocycles. The summed E-state index contributed by atoms with van der Waals surface area (Å²) >= 11 is 3.53. The monoisotopic (exact) mass is 355 g/mol. The number of rotatable bonds is 5. The molecule has 3 nitrogen and oxygen atoms in total. The van der Waals surface area contributed by atoms with E-state index in [4.69, 9.17) is 9.47 Å². The second-order valence-corrected chi connectivity index (χ2v) is 7.77. The van der Waals surface area contributed by atoms with Crippen molar-refractivity contribution >= 4 is 15.9 Å². The first-order valence-electron chi connectivity index (χ1n) is 7.31. The Balaban J connectivity index is 2.48. The van der Waals surface area contributed by atoms with Gasteiger partial charge in [0.1, 0.15) is 11.5 Å². The summed E-state index contributed by atoms with van der Waals surface area (Å²) in [6.07, 6.45) is 0. The van der Waals surface area contributed by atoms with Gasteiger partial charge in [-0.2, -0.15) is 0 Å². The van der Waals surface area contributed by atoms with Gasteiger partial charge < -0.3 is 14.8 Å². The molecule has 1 fully saturated rings. The Morgan fingerprint density at radius 2 is 1.57 bits per heavy atom. The molecule has 0 saturated heterocycles. The van der Waals surface area contributed by atoms with Crippen molar-refractivity contribution in [3.05, 3.63) is 22.2 Å². The van der Waals surface area contributed by atoms with Crippen LogP contribution in [0.4, 0.5) is 0 Å². The van der Waals surface area contributed by atoms with E-state index in [0.717, 1.165) is 21.5 Å². The maximum absolute atomic E-state index is 5.60. The highest BCUT2D eigenvalue weighted by Crippen LogP contribution is 2.72. The molecule has 1 atom stereocenters. The van der Waals surface area contributed by atoms with Gasteiger partial charge in [0, 0.05) is 11.6 Å². The van der Waals surface area contributed by atoms with Gasteiger partial charge in [-0.05, 0) is 51.9 Å². The molecule has 1 aliphatic rings. The number of hydrogen-bond donors (Lipinski definition) is 1. The van der Waals surface area contributed by atoms with Crippen LogP contribution in [-0.4, -0.2) is 21.3 Å². The minimum absolute atomic E-state index is 0.243. The van der Waals surface area contributed by atoms with Crippen molar-refractivity contribution in [2.75, 3.05) is 21.3 Å². The number of nitrogens with one attached hydrogen (secondary N) is 1. The fourth-order valence-electron chi connectivity index (χ4n) is 3.71. The number of benzene rings is 1. The Morgan fingerprint density at radius 3 is 1.95 bits per heavy atom. The third-order valence-electron chi connectivity index (χ3n) is 5.62. The Morgan fingerprint density at radius 1 is 1.05 bits per heavy atom. The smallest absolute Gasteiger partial charge is 0.133 e. The van der Waals surface area contributed by atoms with Gasteiger partial charge >= 0.3 is 0 Å². The van der Waals surface area contributed by atoms with E-state index in [1.165, 1.54) is 0 Å². The van der Waals surface area contributed by atoms with Crippen molar-refractivity contribution in [2.45, 2.75) is 33.7 Å². The lowest BCUT2D eigenvalue weighted by atomic mass is 9.95. The minimum atomic E-state index is 0.243. The lowest BCUT2D eigenvalue weighted by Gasteiger charge is -2.23. The molecular formula is C17H26BrNO2. The van der Waals surface area contributed by atoms with Crippen molar-refractivity contribution in [2.24, 2.45) is 16.7 Å². The standard InChI is InChI=1S/C17H26BrNO2/c1-16(2)15(17(16,3)4)14(19-5)10-8-13(21-7)11(18)9-12(10)20-6/h8-9,14-15,19H,1-7H3. The van der Waals surface area contributed by atoms with Crippen molar-refractivity contribution in [3.63, 3.8) is 0 Å². The normalized spacial score (nSPS) is 21.0. The van der Waals surface area contributed by atoms with Gasteiger partial charge in [0.05, 0.1) is 18.7 Å². The van der Waals surface area contributed by atoms with Crippen LogP contribution in [0.3, 0.4) is 0 Å². The molecule has 1 saturated carbocycles. The highest BCUT2D eigenvalue weighted by molar-refractivity contribution is 9.10. The largest absolute Gasteiger partial charge is 0.496 e. The second kappa shape index (κ2) is 5.47. The van der Waals surface area contributed by atoms with Crippen molar-refractivity contribution < 1.29 is 9.47 Å². The Kier molecular flexibility index (Phi) is 4.33. The molecule has 0 radical (unpaired) electrons. The lowest BCUT2D eigenvalue weighted by Crippen LogP contribution is -2.22. The quantitative estimate of drug-likeness (QED) is 0.848. The van der Waals surface area contributed by atoms with Gasteiger partial charge in [-0.3, -0.25) is 0 Å². The van der Waals surface area contributed by atoms with Crippen LogP contribution in [0.15, 0.2) is 16.6 Å². The minimum Gasteiger partial charge on any atom is -0.496 e. The van der Waals surface area contributed by atoms with E-state index in [9.17, 15) is 0 Å². The lowest BCUT2D eigenvalue weighted by molar-refractivity contribution is 0.373. The molecule has 0 bridgehead atoms. The van der Waals surface area contributed by atoms with E-state index in [2.05, 4.69) is 55.0 Å². The van der Waals surface area contributed by atoms with Gasteiger partial charge in [0.2, 0.25) is 0 Å². The van der Waals surface area contributed by atoms with Crippen LogP contribution in [0.25, 0.3) is 0 Å². The van der Waals surface area contributed by atoms with E-state index in [1.807, 2.05) is 13.1 Å². The molecule has 1 aromatic carbocycles. The highest BCUT2D eigenvalue weighted by Gasteiger charge is 2.67. The summed E-state index contributed by atoms with van der Waals surface area (Å²) in [5.41, 5.74) is 1.75. The summed E-state index contributed by atoms with van der Waals surface area (Å²) in [4.78, 5) is 0. The van der Waals surface area contributed by atoms with E-state index in [1.54, 1.807) is 14.2 Å². The molecule has 0 aromatic heterocycles. The summed E-state index contributed by atoms with van der Waals surface area (Å²) < 4.78 is 12.0. The fraction of sp³-hybridized carbons (Fsp3) is 0.647. The zero-order valence-corrected chi connectivity index (χ0v) is 15.6. The predicted molar refractivity (Wildman–Crippen MR) is 90.1 cm³/mol. The van der Waals surface area contributed by atoms with E-state index in [-0.39, 0.29) is 6.04 Å². The third-order valence-corrected chi connectivity index (χ3v) is 6.24. The first kappa shape index (κ1) is 16.6. The molecule has 1 unspecified atom stereocenters. The molecule has 118 valence electrons. The van der Waals surface area contributed by atoms with E-state index < -0.39 is 0 Å². The van der Waals surface area contributed by atoms with E-state index >= 15 is 0 Å². The third kappa shape index (κ3) is 2.46. The molecular weight excluding hydrogens is 330 g/mol. The van der Waals surface area contributed by atoms with Gasteiger partial charge in [0.25, 0.3) is 0 Å². The summed E-state index contributed by atoms with van der Waals surface area (Å²) in [7, 11) is 5.42. The molecule has 0 amide bonds. The number of methoxy groups -OCH3 is 2. The van der Waals surface area contributed by atoms with Crippen molar-refractivity contribution in [1.29, 1.82) is 0 Å². The van der Waals surface area contributed by atoms with Crippen LogP contribution in [0.2, 0.25) is 0 Å². The summed E-state index contributed by atoms with van der Waals surface area (Å²) in [5.74, 6) is 2.28. The summed E-state index contributed by atoms with van der Waals surface area (Å²) in [6, 6.07) is 4.31. The molecule has 2 rings (SSSR count). The van der Waals surface area contributed by atoms with Crippen LogP contribution in [0, 0.1) is 16.7 Å². The summed E-state index contributed by atoms with van der Waals surface area (Å²) in [5, 5.41) is 3.49. The SMILES string of the molecule is CNC(c1cc(OC)c(Br)cc1OC)C1C(C)(C)C1(C)C. The van der Waals surface area contributed by atoms with Crippen LogP contribution in [-0.2, 0) is 0 Å². The highest BCUT2D eigenvalue weighted by atomic mass is 79.9. The average molecular weight is 356 g/mol. The Bertz CT molecular complexity index is 526. The zero-order chi connectivity index (χ0) is 16.0. The number of hydrogen-bond acceptors (Lipinski definition) is 3. The molecule has 21 heavy (non-hydrogen) atoms. The number of halogens is 1. The Labute approximate surface area is 136 Å². The van der Waals surface area contributed by atoms with Crippen LogP contribution >= 0.6 is 15.9 Å². The van der Waals surface area contributed by atoms with Crippen molar-refractivity contribution in [3.8, 4) is 11.5 Å². The molecule has 1 aliphatic carbocycles. The fourth-order valence-corrected chi connectivity index (χ4v) is 4.19. The maximum atomic E-state index is 5.60. The second-order valence-electron chi connectivity index (χ2n) is 6.92. The first-order valence-corrected chi connectivity index (χ1v) is 8.10. The first-order chi connectivity index (χ1) is 9.72. The maximum Gasteiger partial charge on any atom is 0.133 e. The Hall–Kier alpha value is -0.740. The topological polar surface area (TPSA) is 30.5 Å². The predicted octanol–water partition coefficient (Wildman–Crippen LogP) is 4.41. The zero-order valence-electron chi connectivity index (χ0n) is 14.0. The van der Waals surface area contributed by atoms with Crippen LogP contribution in [0.5, 0.6) is 11.5 Å². The molecule has 0 aliphatic heterocycles. The van der Waals surface area contributed by atoms with Gasteiger partial charge in [-0.25, -0.2) is 0 Å². The molecule has 4 heteroatoms.